The third-order valence-electron chi connectivity index (χ3n) is 4.08. The van der Waals surface area contributed by atoms with Gasteiger partial charge in [0, 0.05) is 29.4 Å². The van der Waals surface area contributed by atoms with Crippen molar-refractivity contribution in [2.75, 3.05) is 33.2 Å². The Labute approximate surface area is 162 Å². The van der Waals surface area contributed by atoms with Crippen LogP contribution in [0.1, 0.15) is 36.4 Å². The SMILES string of the molecule is CCNC(=NCc1ccc(CC)s1)NCC1CCCN(C)C1.I. The van der Waals surface area contributed by atoms with Gasteiger partial charge in [0.1, 0.15) is 0 Å². The Bertz CT molecular complexity index is 475. The Kier molecular flexibility index (Phi) is 10.1. The summed E-state index contributed by atoms with van der Waals surface area (Å²) in [5, 5.41) is 6.87. The lowest BCUT2D eigenvalue weighted by Crippen LogP contribution is -2.43. The number of guanidine groups is 1. The third kappa shape index (κ3) is 7.39. The zero-order valence-corrected chi connectivity index (χ0v) is 17.7. The Morgan fingerprint density at radius 1 is 1.30 bits per heavy atom. The lowest BCUT2D eigenvalue weighted by Gasteiger charge is -2.30. The van der Waals surface area contributed by atoms with Gasteiger partial charge in [-0.15, -0.1) is 35.3 Å². The molecule has 2 heterocycles. The monoisotopic (exact) mass is 450 g/mol. The van der Waals surface area contributed by atoms with Crippen molar-refractivity contribution in [3.63, 3.8) is 0 Å². The summed E-state index contributed by atoms with van der Waals surface area (Å²) in [4.78, 5) is 9.93. The summed E-state index contributed by atoms with van der Waals surface area (Å²) < 4.78 is 0. The van der Waals surface area contributed by atoms with Crippen molar-refractivity contribution in [2.24, 2.45) is 10.9 Å². The van der Waals surface area contributed by atoms with Crippen LogP contribution in [0.3, 0.4) is 0 Å². The van der Waals surface area contributed by atoms with Crippen molar-refractivity contribution in [3.05, 3.63) is 21.9 Å². The lowest BCUT2D eigenvalue weighted by molar-refractivity contribution is 0.210. The summed E-state index contributed by atoms with van der Waals surface area (Å²) in [6.07, 6.45) is 3.74. The molecule has 0 spiro atoms. The van der Waals surface area contributed by atoms with Gasteiger partial charge in [0.2, 0.25) is 0 Å². The number of rotatable bonds is 6. The highest BCUT2D eigenvalue weighted by molar-refractivity contribution is 14.0. The number of nitrogens with one attached hydrogen (secondary N) is 2. The Morgan fingerprint density at radius 3 is 2.74 bits per heavy atom. The number of likely N-dealkylation sites (tertiary alicyclic amines) is 1. The number of piperidine rings is 1. The Hall–Kier alpha value is -0.340. The molecule has 1 saturated heterocycles. The van der Waals surface area contributed by atoms with Gasteiger partial charge in [0.15, 0.2) is 5.96 Å². The molecule has 132 valence electrons. The van der Waals surface area contributed by atoms with Crippen LogP contribution in [0.4, 0.5) is 0 Å². The van der Waals surface area contributed by atoms with E-state index in [9.17, 15) is 0 Å². The highest BCUT2D eigenvalue weighted by Crippen LogP contribution is 2.17. The zero-order valence-electron chi connectivity index (χ0n) is 14.6. The number of aryl methyl sites for hydroxylation is 1. The Morgan fingerprint density at radius 2 is 2.09 bits per heavy atom. The van der Waals surface area contributed by atoms with Crippen LogP contribution in [0.5, 0.6) is 0 Å². The first-order valence-corrected chi connectivity index (χ1v) is 9.31. The fraction of sp³-hybridized carbons (Fsp3) is 0.706. The number of hydrogen-bond acceptors (Lipinski definition) is 3. The van der Waals surface area contributed by atoms with E-state index in [0.29, 0.717) is 0 Å². The second-order valence-electron chi connectivity index (χ2n) is 6.07. The normalized spacial score (nSPS) is 19.3. The number of thiophene rings is 1. The van der Waals surface area contributed by atoms with Gasteiger partial charge in [0.05, 0.1) is 6.54 Å². The van der Waals surface area contributed by atoms with Crippen LogP contribution in [0.15, 0.2) is 17.1 Å². The van der Waals surface area contributed by atoms with Crippen molar-refractivity contribution in [1.29, 1.82) is 0 Å². The van der Waals surface area contributed by atoms with Crippen molar-refractivity contribution < 1.29 is 0 Å². The minimum atomic E-state index is 0. The summed E-state index contributed by atoms with van der Waals surface area (Å²) in [5.74, 6) is 1.68. The summed E-state index contributed by atoms with van der Waals surface area (Å²) in [5.41, 5.74) is 0. The summed E-state index contributed by atoms with van der Waals surface area (Å²) in [7, 11) is 2.22. The van der Waals surface area contributed by atoms with Crippen LogP contribution in [-0.4, -0.2) is 44.1 Å². The maximum atomic E-state index is 4.73. The minimum absolute atomic E-state index is 0. The number of halogens is 1. The van der Waals surface area contributed by atoms with E-state index in [2.05, 4.69) is 48.6 Å². The van der Waals surface area contributed by atoms with E-state index in [0.717, 1.165) is 37.9 Å². The molecule has 0 radical (unpaired) electrons. The van der Waals surface area contributed by atoms with Gasteiger partial charge < -0.3 is 15.5 Å². The van der Waals surface area contributed by atoms with Crippen molar-refractivity contribution in [1.82, 2.24) is 15.5 Å². The van der Waals surface area contributed by atoms with Gasteiger partial charge in [-0.2, -0.15) is 0 Å². The van der Waals surface area contributed by atoms with Crippen LogP contribution in [0.2, 0.25) is 0 Å². The molecule has 0 saturated carbocycles. The smallest absolute Gasteiger partial charge is 0.191 e. The van der Waals surface area contributed by atoms with Crippen molar-refractivity contribution >= 4 is 41.3 Å². The van der Waals surface area contributed by atoms with Gasteiger partial charge in [-0.25, -0.2) is 4.99 Å². The molecule has 0 bridgehead atoms. The van der Waals surface area contributed by atoms with Gasteiger partial charge in [-0.05, 0) is 57.8 Å². The molecule has 2 N–H and O–H groups in total. The molecule has 1 aromatic rings. The molecule has 1 atom stereocenters. The molecule has 23 heavy (non-hydrogen) atoms. The molecule has 1 unspecified atom stereocenters. The van der Waals surface area contributed by atoms with Crippen LogP contribution >= 0.6 is 35.3 Å². The number of nitrogens with zero attached hydrogens (tertiary/aromatic N) is 2. The molecule has 1 aromatic heterocycles. The first kappa shape index (κ1) is 20.7. The van der Waals surface area contributed by atoms with E-state index in [1.54, 1.807) is 0 Å². The molecular weight excluding hydrogens is 419 g/mol. The third-order valence-corrected chi connectivity index (χ3v) is 5.30. The molecule has 4 nitrogen and oxygen atoms in total. The van der Waals surface area contributed by atoms with E-state index >= 15 is 0 Å². The molecule has 0 aliphatic carbocycles. The maximum absolute atomic E-state index is 4.73. The fourth-order valence-corrected chi connectivity index (χ4v) is 3.76. The van der Waals surface area contributed by atoms with Crippen molar-refractivity contribution in [3.8, 4) is 0 Å². The molecule has 2 rings (SSSR count). The first-order chi connectivity index (χ1) is 10.7. The molecule has 6 heteroatoms. The van der Waals surface area contributed by atoms with Crippen LogP contribution in [0.25, 0.3) is 0 Å². The van der Waals surface area contributed by atoms with Gasteiger partial charge >= 0.3 is 0 Å². The topological polar surface area (TPSA) is 39.7 Å². The highest BCUT2D eigenvalue weighted by Gasteiger charge is 2.17. The molecular formula is C17H31IN4S. The standard InChI is InChI=1S/C17H30N4S.HI/c1-4-15-8-9-16(22-15)12-20-17(18-5-2)19-11-14-7-6-10-21(3)13-14;/h8-9,14H,4-7,10-13H2,1-3H3,(H2,18,19,20);1H. The van der Waals surface area contributed by atoms with Gasteiger partial charge in [-0.3, -0.25) is 0 Å². The van der Waals surface area contributed by atoms with Crippen LogP contribution in [0, 0.1) is 5.92 Å². The van der Waals surface area contributed by atoms with Gasteiger partial charge in [-0.1, -0.05) is 6.92 Å². The second-order valence-corrected chi connectivity index (χ2v) is 7.32. The average molecular weight is 450 g/mol. The van der Waals surface area contributed by atoms with E-state index in [4.69, 9.17) is 4.99 Å². The molecule has 1 fully saturated rings. The second kappa shape index (κ2) is 11.3. The zero-order chi connectivity index (χ0) is 15.8. The van der Waals surface area contributed by atoms with Crippen LogP contribution < -0.4 is 10.6 Å². The first-order valence-electron chi connectivity index (χ1n) is 8.49. The predicted molar refractivity (Wildman–Crippen MR) is 112 cm³/mol. The molecule has 1 aliphatic heterocycles. The van der Waals surface area contributed by atoms with E-state index in [-0.39, 0.29) is 24.0 Å². The van der Waals surface area contributed by atoms with E-state index in [1.807, 2.05) is 11.3 Å². The summed E-state index contributed by atoms with van der Waals surface area (Å²) in [6, 6.07) is 4.42. The lowest BCUT2D eigenvalue weighted by atomic mass is 9.99. The van der Waals surface area contributed by atoms with E-state index < -0.39 is 0 Å². The van der Waals surface area contributed by atoms with Gasteiger partial charge in [0.25, 0.3) is 0 Å². The average Bonchev–Trinajstić information content (AvgIpc) is 2.98. The molecule has 0 aromatic carbocycles. The quantitative estimate of drug-likeness (QED) is 0.397. The van der Waals surface area contributed by atoms with Crippen molar-refractivity contribution in [2.45, 2.75) is 39.7 Å². The maximum Gasteiger partial charge on any atom is 0.191 e. The van der Waals surface area contributed by atoms with Crippen LogP contribution in [-0.2, 0) is 13.0 Å². The predicted octanol–water partition coefficient (Wildman–Crippen LogP) is 3.33. The summed E-state index contributed by atoms with van der Waals surface area (Å²) >= 11 is 1.87. The fourth-order valence-electron chi connectivity index (χ4n) is 2.88. The number of hydrogen-bond donors (Lipinski definition) is 2. The molecule has 0 amide bonds. The summed E-state index contributed by atoms with van der Waals surface area (Å²) in [6.45, 7) is 9.43. The largest absolute Gasteiger partial charge is 0.357 e. The van der Waals surface area contributed by atoms with E-state index in [1.165, 1.54) is 35.7 Å². The molecule has 1 aliphatic rings. The highest BCUT2D eigenvalue weighted by atomic mass is 127. The number of aliphatic imine (C=N–C) groups is 1. The Balaban J connectivity index is 0.00000264. The minimum Gasteiger partial charge on any atom is -0.357 e.